The Morgan fingerprint density at radius 1 is 1.25 bits per heavy atom. The summed E-state index contributed by atoms with van der Waals surface area (Å²) in [4.78, 5) is 4.30. The summed E-state index contributed by atoms with van der Waals surface area (Å²) in [6.45, 7) is 9.73. The lowest BCUT2D eigenvalue weighted by molar-refractivity contribution is 0.448. The summed E-state index contributed by atoms with van der Waals surface area (Å²) in [7, 11) is 0. The molecule has 0 fully saturated rings. The zero-order valence-electron chi connectivity index (χ0n) is 8.75. The highest BCUT2D eigenvalue weighted by atomic mass is 14.7. The Hall–Kier alpha value is -0.590. The monoisotopic (exact) mass is 167 g/mol. The third kappa shape index (κ3) is 7.52. The molecule has 0 saturated carbocycles. The molecule has 0 heterocycles. The maximum absolute atomic E-state index is 4.30. The summed E-state index contributed by atoms with van der Waals surface area (Å²) in [5.74, 6) is 1.50. The fraction of sp³-hybridized carbons (Fsp3) is 0.727. The van der Waals surface area contributed by atoms with E-state index in [1.807, 2.05) is 25.3 Å². The Kier molecular flexibility index (Phi) is 6.73. The van der Waals surface area contributed by atoms with Gasteiger partial charge in [-0.2, -0.15) is 0 Å². The highest BCUT2D eigenvalue weighted by molar-refractivity contribution is 5.70. The molecule has 0 aliphatic carbocycles. The van der Waals surface area contributed by atoms with Gasteiger partial charge in [-0.1, -0.05) is 26.8 Å². The van der Waals surface area contributed by atoms with Gasteiger partial charge in [-0.05, 0) is 31.3 Å². The number of nitrogens with zero attached hydrogens (tertiary/aromatic N) is 1. The van der Waals surface area contributed by atoms with Crippen molar-refractivity contribution < 1.29 is 0 Å². The van der Waals surface area contributed by atoms with Crippen LogP contribution in [0.3, 0.4) is 0 Å². The number of rotatable bonds is 5. The van der Waals surface area contributed by atoms with Crippen LogP contribution in [0.1, 0.15) is 34.1 Å². The van der Waals surface area contributed by atoms with Crippen LogP contribution in [0.4, 0.5) is 0 Å². The molecular weight excluding hydrogens is 146 g/mol. The predicted molar refractivity (Wildman–Crippen MR) is 56.8 cm³/mol. The third-order valence-electron chi connectivity index (χ3n) is 1.67. The van der Waals surface area contributed by atoms with E-state index in [2.05, 4.69) is 25.8 Å². The van der Waals surface area contributed by atoms with Crippen LogP contribution < -0.4 is 0 Å². The van der Waals surface area contributed by atoms with Crippen LogP contribution in [0.5, 0.6) is 0 Å². The average molecular weight is 167 g/mol. The maximum Gasteiger partial charge on any atom is 0.0414 e. The molecule has 1 nitrogen and oxygen atoms in total. The van der Waals surface area contributed by atoms with Gasteiger partial charge in [-0.3, -0.25) is 4.99 Å². The lowest BCUT2D eigenvalue weighted by atomic mass is 9.99. The molecule has 0 aromatic carbocycles. The van der Waals surface area contributed by atoms with Crippen molar-refractivity contribution in [3.63, 3.8) is 0 Å². The quantitative estimate of drug-likeness (QED) is 0.557. The lowest BCUT2D eigenvalue weighted by Crippen LogP contribution is -2.03. The molecule has 12 heavy (non-hydrogen) atoms. The van der Waals surface area contributed by atoms with Crippen LogP contribution >= 0.6 is 0 Å². The van der Waals surface area contributed by atoms with Crippen molar-refractivity contribution in [3.05, 3.63) is 12.2 Å². The number of hydrogen-bond donors (Lipinski definition) is 0. The SMILES string of the molecule is C/C=C\C=N/CC(C)CC(C)C. The van der Waals surface area contributed by atoms with E-state index in [0.717, 1.165) is 12.5 Å². The van der Waals surface area contributed by atoms with Gasteiger partial charge in [-0.15, -0.1) is 0 Å². The molecule has 0 saturated heterocycles. The standard InChI is InChI=1S/C11H21N/c1-5-6-7-12-9-11(4)8-10(2)3/h5-7,10-11H,8-9H2,1-4H3/b6-5-,12-7-. The van der Waals surface area contributed by atoms with E-state index in [9.17, 15) is 0 Å². The second-order valence-electron chi connectivity index (χ2n) is 3.77. The van der Waals surface area contributed by atoms with Gasteiger partial charge in [-0.25, -0.2) is 0 Å². The molecule has 0 spiro atoms. The molecule has 0 N–H and O–H groups in total. The summed E-state index contributed by atoms with van der Waals surface area (Å²) in [6, 6.07) is 0. The zero-order valence-corrected chi connectivity index (χ0v) is 8.75. The van der Waals surface area contributed by atoms with E-state index in [1.54, 1.807) is 0 Å². The minimum atomic E-state index is 0.714. The van der Waals surface area contributed by atoms with Crippen LogP contribution in [0.2, 0.25) is 0 Å². The predicted octanol–water partition coefficient (Wildman–Crippen LogP) is 3.32. The van der Waals surface area contributed by atoms with Gasteiger partial charge in [0, 0.05) is 12.8 Å². The second kappa shape index (κ2) is 7.08. The molecule has 0 amide bonds. The first-order valence-corrected chi connectivity index (χ1v) is 4.78. The summed E-state index contributed by atoms with van der Waals surface area (Å²) in [5.41, 5.74) is 0. The van der Waals surface area contributed by atoms with Gasteiger partial charge in [0.25, 0.3) is 0 Å². The van der Waals surface area contributed by atoms with Gasteiger partial charge >= 0.3 is 0 Å². The summed E-state index contributed by atoms with van der Waals surface area (Å²) < 4.78 is 0. The van der Waals surface area contributed by atoms with Crippen LogP contribution in [-0.2, 0) is 0 Å². The largest absolute Gasteiger partial charge is 0.293 e. The maximum atomic E-state index is 4.30. The molecular formula is C11H21N. The summed E-state index contributed by atoms with van der Waals surface area (Å²) >= 11 is 0. The molecule has 1 heteroatoms. The van der Waals surface area contributed by atoms with E-state index < -0.39 is 0 Å². The van der Waals surface area contributed by atoms with Gasteiger partial charge in [0.1, 0.15) is 0 Å². The molecule has 0 aromatic heterocycles. The molecule has 0 aliphatic heterocycles. The van der Waals surface area contributed by atoms with Crippen molar-refractivity contribution in [3.8, 4) is 0 Å². The van der Waals surface area contributed by atoms with Crippen molar-refractivity contribution in [2.24, 2.45) is 16.8 Å². The molecule has 70 valence electrons. The van der Waals surface area contributed by atoms with Crippen LogP contribution in [0, 0.1) is 11.8 Å². The van der Waals surface area contributed by atoms with Crippen molar-refractivity contribution in [2.45, 2.75) is 34.1 Å². The van der Waals surface area contributed by atoms with Crippen molar-refractivity contribution in [1.29, 1.82) is 0 Å². The van der Waals surface area contributed by atoms with E-state index >= 15 is 0 Å². The smallest absolute Gasteiger partial charge is 0.0414 e. The van der Waals surface area contributed by atoms with Gasteiger partial charge < -0.3 is 0 Å². The topological polar surface area (TPSA) is 12.4 Å². The molecule has 0 bridgehead atoms. The Labute approximate surface area is 76.6 Å². The fourth-order valence-corrected chi connectivity index (χ4v) is 1.27. The first-order chi connectivity index (χ1) is 5.66. The van der Waals surface area contributed by atoms with E-state index in [0.29, 0.717) is 5.92 Å². The van der Waals surface area contributed by atoms with Crippen LogP contribution in [0.15, 0.2) is 17.1 Å². The molecule has 0 radical (unpaired) electrons. The molecule has 0 aromatic rings. The van der Waals surface area contributed by atoms with Crippen molar-refractivity contribution in [2.75, 3.05) is 6.54 Å². The third-order valence-corrected chi connectivity index (χ3v) is 1.67. The highest BCUT2D eigenvalue weighted by Crippen LogP contribution is 2.10. The van der Waals surface area contributed by atoms with E-state index in [4.69, 9.17) is 0 Å². The number of allylic oxidation sites excluding steroid dienone is 2. The van der Waals surface area contributed by atoms with Gasteiger partial charge in [0.15, 0.2) is 0 Å². The Morgan fingerprint density at radius 2 is 1.92 bits per heavy atom. The van der Waals surface area contributed by atoms with E-state index in [-0.39, 0.29) is 0 Å². The fourth-order valence-electron chi connectivity index (χ4n) is 1.27. The summed E-state index contributed by atoms with van der Waals surface area (Å²) in [6.07, 6.45) is 7.13. The van der Waals surface area contributed by atoms with Crippen LogP contribution in [-0.4, -0.2) is 12.8 Å². The normalized spacial score (nSPS) is 15.1. The molecule has 1 atom stereocenters. The van der Waals surface area contributed by atoms with Crippen molar-refractivity contribution in [1.82, 2.24) is 0 Å². The first kappa shape index (κ1) is 11.4. The Balaban J connectivity index is 3.49. The molecule has 1 unspecified atom stereocenters. The summed E-state index contributed by atoms with van der Waals surface area (Å²) in [5, 5.41) is 0. The lowest BCUT2D eigenvalue weighted by Gasteiger charge is -2.10. The molecule has 0 rings (SSSR count). The zero-order chi connectivity index (χ0) is 9.40. The highest BCUT2D eigenvalue weighted by Gasteiger charge is 2.02. The second-order valence-corrected chi connectivity index (χ2v) is 3.77. The number of hydrogen-bond acceptors (Lipinski definition) is 1. The molecule has 0 aliphatic rings. The van der Waals surface area contributed by atoms with Crippen molar-refractivity contribution >= 4 is 6.21 Å². The van der Waals surface area contributed by atoms with Gasteiger partial charge in [0.2, 0.25) is 0 Å². The minimum absolute atomic E-state index is 0.714. The Morgan fingerprint density at radius 3 is 2.42 bits per heavy atom. The Bertz CT molecular complexity index is 145. The van der Waals surface area contributed by atoms with Crippen LogP contribution in [0.25, 0.3) is 0 Å². The van der Waals surface area contributed by atoms with Gasteiger partial charge in [0.05, 0.1) is 0 Å². The average Bonchev–Trinajstić information content (AvgIpc) is 1.97. The van der Waals surface area contributed by atoms with E-state index in [1.165, 1.54) is 6.42 Å². The number of aliphatic imine (C=N–C) groups is 1. The first-order valence-electron chi connectivity index (χ1n) is 4.78. The minimum Gasteiger partial charge on any atom is -0.293 e.